The summed E-state index contributed by atoms with van der Waals surface area (Å²) in [5, 5.41) is 2.54. The van der Waals surface area contributed by atoms with Crippen molar-refractivity contribution in [2.75, 3.05) is 14.2 Å². The Labute approximate surface area is 114 Å². The molecule has 0 heterocycles. The number of Topliss-reactive ketones (excluding diaryl/α,β-unsaturated/α-hetero) is 1. The van der Waals surface area contributed by atoms with Gasteiger partial charge in [0, 0.05) is 19.9 Å². The van der Waals surface area contributed by atoms with Crippen molar-refractivity contribution in [3.8, 4) is 5.75 Å². The fourth-order valence-corrected chi connectivity index (χ4v) is 1.85. The second kappa shape index (κ2) is 6.92. The van der Waals surface area contributed by atoms with Gasteiger partial charge in [-0.05, 0) is 43.5 Å². The van der Waals surface area contributed by atoms with Gasteiger partial charge in [-0.25, -0.2) is 0 Å². The van der Waals surface area contributed by atoms with Gasteiger partial charge in [0.1, 0.15) is 5.75 Å². The summed E-state index contributed by atoms with van der Waals surface area (Å²) < 4.78 is 5.25. The Balaban J connectivity index is 2.76. The number of hydrogen-bond acceptors (Lipinski definition) is 3. The molecule has 1 N–H and O–H groups in total. The summed E-state index contributed by atoms with van der Waals surface area (Å²) in [6.45, 7) is 3.95. The van der Waals surface area contributed by atoms with E-state index in [2.05, 4.69) is 5.32 Å². The molecule has 0 aliphatic carbocycles. The van der Waals surface area contributed by atoms with Gasteiger partial charge in [0.25, 0.3) is 0 Å². The molecule has 0 atom stereocenters. The van der Waals surface area contributed by atoms with Gasteiger partial charge in [-0.2, -0.15) is 0 Å². The second-order valence-electron chi connectivity index (χ2n) is 4.59. The summed E-state index contributed by atoms with van der Waals surface area (Å²) in [5.41, 5.74) is 2.76. The zero-order valence-corrected chi connectivity index (χ0v) is 12.0. The van der Waals surface area contributed by atoms with E-state index in [1.165, 1.54) is 0 Å². The van der Waals surface area contributed by atoms with E-state index < -0.39 is 0 Å². The lowest BCUT2D eigenvalue weighted by Crippen LogP contribution is -2.17. The van der Waals surface area contributed by atoms with Crippen LogP contribution in [-0.2, 0) is 4.79 Å². The molecule has 1 amide bonds. The first kappa shape index (κ1) is 15.2. The van der Waals surface area contributed by atoms with Gasteiger partial charge in [-0.3, -0.25) is 9.59 Å². The first-order valence-corrected chi connectivity index (χ1v) is 6.38. The fourth-order valence-electron chi connectivity index (χ4n) is 1.85. The summed E-state index contributed by atoms with van der Waals surface area (Å²) in [6, 6.07) is 3.73. The van der Waals surface area contributed by atoms with Crippen LogP contribution in [0.5, 0.6) is 5.75 Å². The van der Waals surface area contributed by atoms with Crippen LogP contribution < -0.4 is 10.1 Å². The van der Waals surface area contributed by atoms with Crippen LogP contribution in [0, 0.1) is 13.8 Å². The largest absolute Gasteiger partial charge is 0.496 e. The van der Waals surface area contributed by atoms with Crippen molar-refractivity contribution in [1.82, 2.24) is 5.32 Å². The molecule has 1 aromatic rings. The molecular weight excluding hydrogens is 242 g/mol. The van der Waals surface area contributed by atoms with Gasteiger partial charge < -0.3 is 10.1 Å². The normalized spacial score (nSPS) is 10.1. The molecule has 0 aliphatic heterocycles. The molecule has 1 rings (SSSR count). The highest BCUT2D eigenvalue weighted by molar-refractivity contribution is 5.99. The number of aryl methyl sites for hydroxylation is 2. The van der Waals surface area contributed by atoms with E-state index in [0.717, 1.165) is 11.1 Å². The zero-order valence-electron chi connectivity index (χ0n) is 12.0. The number of ketones is 1. The number of amides is 1. The molecule has 4 heteroatoms. The number of carbonyl (C=O) groups excluding carboxylic acids is 2. The fraction of sp³-hybridized carbons (Fsp3) is 0.467. The summed E-state index contributed by atoms with van der Waals surface area (Å²) in [4.78, 5) is 23.3. The van der Waals surface area contributed by atoms with E-state index in [1.54, 1.807) is 14.2 Å². The lowest BCUT2D eigenvalue weighted by Gasteiger charge is -2.11. The van der Waals surface area contributed by atoms with Crippen LogP contribution in [0.3, 0.4) is 0 Å². The third-order valence-electron chi connectivity index (χ3n) is 3.20. The Bertz CT molecular complexity index is 481. The Kier molecular flexibility index (Phi) is 5.55. The third-order valence-corrected chi connectivity index (χ3v) is 3.20. The van der Waals surface area contributed by atoms with Gasteiger partial charge in [-0.1, -0.05) is 0 Å². The van der Waals surface area contributed by atoms with Crippen molar-refractivity contribution in [3.63, 3.8) is 0 Å². The number of benzene rings is 1. The van der Waals surface area contributed by atoms with Gasteiger partial charge >= 0.3 is 0 Å². The summed E-state index contributed by atoms with van der Waals surface area (Å²) in [7, 11) is 3.15. The molecule has 104 valence electrons. The van der Waals surface area contributed by atoms with Crippen molar-refractivity contribution in [2.45, 2.75) is 33.1 Å². The molecule has 0 aromatic heterocycles. The highest BCUT2D eigenvalue weighted by Gasteiger charge is 2.14. The number of rotatable bonds is 6. The summed E-state index contributed by atoms with van der Waals surface area (Å²) in [6.07, 6.45) is 1.27. The quantitative estimate of drug-likeness (QED) is 0.802. The van der Waals surface area contributed by atoms with Crippen molar-refractivity contribution in [1.29, 1.82) is 0 Å². The van der Waals surface area contributed by atoms with Crippen LogP contribution >= 0.6 is 0 Å². The molecule has 1 aromatic carbocycles. The molecule has 0 fully saturated rings. The zero-order chi connectivity index (χ0) is 14.4. The molecule has 4 nitrogen and oxygen atoms in total. The molecule has 0 spiro atoms. The van der Waals surface area contributed by atoms with Gasteiger partial charge in [0.05, 0.1) is 12.7 Å². The molecule has 0 saturated heterocycles. The maximum absolute atomic E-state index is 12.1. The summed E-state index contributed by atoms with van der Waals surface area (Å²) >= 11 is 0. The van der Waals surface area contributed by atoms with E-state index in [1.807, 2.05) is 26.0 Å². The van der Waals surface area contributed by atoms with Crippen LogP contribution in [0.2, 0.25) is 0 Å². The number of carbonyl (C=O) groups is 2. The molecule has 0 bridgehead atoms. The highest BCUT2D eigenvalue weighted by Crippen LogP contribution is 2.24. The number of hydrogen-bond donors (Lipinski definition) is 1. The Hall–Kier alpha value is -1.84. The van der Waals surface area contributed by atoms with Crippen LogP contribution in [-0.4, -0.2) is 25.8 Å². The molecular formula is C15H21NO3. The topological polar surface area (TPSA) is 55.4 Å². The SMILES string of the molecule is CNC(=O)CCCC(=O)c1cc(C)c(C)cc1OC. The van der Waals surface area contributed by atoms with Gasteiger partial charge in [0.2, 0.25) is 5.91 Å². The van der Waals surface area contributed by atoms with Gasteiger partial charge in [-0.15, -0.1) is 0 Å². The van der Waals surface area contributed by atoms with Gasteiger partial charge in [0.15, 0.2) is 5.78 Å². The molecule has 0 unspecified atom stereocenters. The van der Waals surface area contributed by atoms with E-state index in [-0.39, 0.29) is 11.7 Å². The van der Waals surface area contributed by atoms with Crippen LogP contribution in [0.4, 0.5) is 0 Å². The van der Waals surface area contributed by atoms with Crippen molar-refractivity contribution in [2.24, 2.45) is 0 Å². The van der Waals surface area contributed by atoms with Crippen molar-refractivity contribution >= 4 is 11.7 Å². The highest BCUT2D eigenvalue weighted by atomic mass is 16.5. The van der Waals surface area contributed by atoms with Crippen molar-refractivity contribution in [3.05, 3.63) is 28.8 Å². The molecule has 0 saturated carbocycles. The first-order valence-electron chi connectivity index (χ1n) is 6.38. The molecule has 19 heavy (non-hydrogen) atoms. The lowest BCUT2D eigenvalue weighted by atomic mass is 9.99. The monoisotopic (exact) mass is 263 g/mol. The smallest absolute Gasteiger partial charge is 0.219 e. The molecule has 0 aliphatic rings. The predicted molar refractivity (Wildman–Crippen MR) is 74.7 cm³/mol. The standard InChI is InChI=1S/C15H21NO3/c1-10-8-12(14(19-4)9-11(10)2)13(17)6-5-7-15(18)16-3/h8-9H,5-7H2,1-4H3,(H,16,18). The number of ether oxygens (including phenoxy) is 1. The average molecular weight is 263 g/mol. The number of methoxy groups -OCH3 is 1. The second-order valence-corrected chi connectivity index (χ2v) is 4.59. The Morgan fingerprint density at radius 3 is 2.37 bits per heavy atom. The Morgan fingerprint density at radius 1 is 1.16 bits per heavy atom. The maximum Gasteiger partial charge on any atom is 0.219 e. The van der Waals surface area contributed by atoms with E-state index in [4.69, 9.17) is 4.74 Å². The first-order chi connectivity index (χ1) is 8.99. The third kappa shape index (κ3) is 4.09. The van der Waals surface area contributed by atoms with Crippen molar-refractivity contribution < 1.29 is 14.3 Å². The number of nitrogens with one attached hydrogen (secondary N) is 1. The lowest BCUT2D eigenvalue weighted by molar-refractivity contribution is -0.120. The minimum Gasteiger partial charge on any atom is -0.496 e. The van der Waals surface area contributed by atoms with E-state index >= 15 is 0 Å². The van der Waals surface area contributed by atoms with Crippen LogP contribution in [0.15, 0.2) is 12.1 Å². The van der Waals surface area contributed by atoms with E-state index in [9.17, 15) is 9.59 Å². The average Bonchev–Trinajstić information content (AvgIpc) is 2.40. The van der Waals surface area contributed by atoms with E-state index in [0.29, 0.717) is 30.6 Å². The van der Waals surface area contributed by atoms with Crippen LogP contribution in [0.25, 0.3) is 0 Å². The minimum atomic E-state index is -0.0418. The summed E-state index contributed by atoms with van der Waals surface area (Å²) in [5.74, 6) is 0.580. The molecule has 0 radical (unpaired) electrons. The van der Waals surface area contributed by atoms with Crippen LogP contribution in [0.1, 0.15) is 40.7 Å². The Morgan fingerprint density at radius 2 is 1.79 bits per heavy atom. The minimum absolute atomic E-state index is 0.0175. The predicted octanol–water partition coefficient (Wildman–Crippen LogP) is 2.41. The maximum atomic E-state index is 12.1.